The molecule has 0 unspecified atom stereocenters. The standard InChI is InChI=1S/C35H30O10/c1-17-10-26(22-6-3-19(36)13-30(22)41)34(35(45)24-8-5-21(38)15-32(24)43)27(11-17)25-12-18(29(40)16-33(25)44)2-9-28(39)23-7-4-20(37)14-31(23)42/h2-9,11-16,26-27,34,36-38,40-44H,10H2,1H3/t26-,27+,34-/m1/s1. The average molecular weight is 611 g/mol. The van der Waals surface area contributed by atoms with Crippen molar-refractivity contribution < 1.29 is 50.4 Å². The second kappa shape index (κ2) is 12.0. The first-order valence-corrected chi connectivity index (χ1v) is 13.9. The molecule has 4 aromatic rings. The number of phenols is 8. The van der Waals surface area contributed by atoms with Crippen molar-refractivity contribution in [1.29, 1.82) is 0 Å². The molecule has 3 atom stereocenters. The molecule has 0 amide bonds. The summed E-state index contributed by atoms with van der Waals surface area (Å²) < 4.78 is 0. The number of allylic oxidation sites excluding steroid dienone is 3. The van der Waals surface area contributed by atoms with Crippen LogP contribution >= 0.6 is 0 Å². The predicted octanol–water partition coefficient (Wildman–Crippen LogP) is 5.94. The molecule has 10 heteroatoms. The van der Waals surface area contributed by atoms with Gasteiger partial charge in [0.15, 0.2) is 11.6 Å². The van der Waals surface area contributed by atoms with Gasteiger partial charge < -0.3 is 40.9 Å². The lowest BCUT2D eigenvalue weighted by atomic mass is 9.65. The van der Waals surface area contributed by atoms with Crippen LogP contribution in [-0.4, -0.2) is 52.4 Å². The summed E-state index contributed by atoms with van der Waals surface area (Å²) in [4.78, 5) is 27.0. The molecule has 0 saturated heterocycles. The minimum atomic E-state index is -1.04. The Morgan fingerprint density at radius 3 is 1.80 bits per heavy atom. The quantitative estimate of drug-likeness (QED) is 0.0704. The fraction of sp³-hybridized carbons (Fsp3) is 0.143. The minimum Gasteiger partial charge on any atom is -0.508 e. The van der Waals surface area contributed by atoms with Gasteiger partial charge in [-0.1, -0.05) is 17.7 Å². The number of Topliss-reactive ketones (excluding diaryl/α,β-unsaturated/α-hetero) is 1. The highest BCUT2D eigenvalue weighted by molar-refractivity contribution is 6.08. The van der Waals surface area contributed by atoms with E-state index in [1.165, 1.54) is 48.5 Å². The van der Waals surface area contributed by atoms with Gasteiger partial charge in [-0.15, -0.1) is 0 Å². The lowest BCUT2D eigenvalue weighted by Gasteiger charge is -2.37. The molecule has 0 saturated carbocycles. The highest BCUT2D eigenvalue weighted by atomic mass is 16.3. The predicted molar refractivity (Wildman–Crippen MR) is 164 cm³/mol. The molecule has 5 rings (SSSR count). The summed E-state index contributed by atoms with van der Waals surface area (Å²) in [6.07, 6.45) is 4.45. The van der Waals surface area contributed by atoms with Crippen molar-refractivity contribution in [3.63, 3.8) is 0 Å². The van der Waals surface area contributed by atoms with E-state index in [4.69, 9.17) is 0 Å². The number of hydrogen-bond donors (Lipinski definition) is 8. The van der Waals surface area contributed by atoms with Crippen molar-refractivity contribution in [2.24, 2.45) is 5.92 Å². The molecule has 0 aromatic heterocycles. The summed E-state index contributed by atoms with van der Waals surface area (Å²) >= 11 is 0. The number of benzene rings is 4. The first kappa shape index (κ1) is 30.6. The number of phenolic OH excluding ortho intramolecular Hbond substituents is 8. The van der Waals surface area contributed by atoms with Crippen LogP contribution in [-0.2, 0) is 0 Å². The summed E-state index contributed by atoms with van der Waals surface area (Å²) in [5, 5.41) is 82.4. The maximum Gasteiger partial charge on any atom is 0.189 e. The SMILES string of the molecule is CC1=C[C@@H](c2cc(C=CC(=O)c3ccc(O)cc3O)c(O)cc2O)[C@H](C(=O)c2ccc(O)cc2O)[C@@H](c2ccc(O)cc2O)C1. The number of aromatic hydroxyl groups is 8. The normalized spacial score (nSPS) is 18.1. The number of carbonyl (C=O) groups is 2. The Labute approximate surface area is 257 Å². The number of rotatable bonds is 7. The van der Waals surface area contributed by atoms with Gasteiger partial charge in [-0.25, -0.2) is 0 Å². The maximum absolute atomic E-state index is 14.2. The van der Waals surface area contributed by atoms with E-state index in [-0.39, 0.29) is 56.8 Å². The molecule has 0 radical (unpaired) electrons. The number of carbonyl (C=O) groups excluding carboxylic acids is 2. The number of hydrogen-bond acceptors (Lipinski definition) is 10. The highest BCUT2D eigenvalue weighted by Gasteiger charge is 2.42. The lowest BCUT2D eigenvalue weighted by molar-refractivity contribution is 0.0876. The van der Waals surface area contributed by atoms with Gasteiger partial charge >= 0.3 is 0 Å². The maximum atomic E-state index is 14.2. The zero-order valence-electron chi connectivity index (χ0n) is 23.9. The van der Waals surface area contributed by atoms with Crippen LogP contribution < -0.4 is 0 Å². The molecule has 0 bridgehead atoms. The Kier molecular flexibility index (Phi) is 8.15. The molecule has 0 spiro atoms. The first-order valence-electron chi connectivity index (χ1n) is 13.9. The Balaban J connectivity index is 1.63. The van der Waals surface area contributed by atoms with Crippen LogP contribution in [0.3, 0.4) is 0 Å². The third kappa shape index (κ3) is 6.12. The average Bonchev–Trinajstić information content (AvgIpc) is 2.96. The molecule has 0 fully saturated rings. The van der Waals surface area contributed by atoms with E-state index in [0.29, 0.717) is 12.0 Å². The van der Waals surface area contributed by atoms with Gasteiger partial charge in [0.25, 0.3) is 0 Å². The Bertz CT molecular complexity index is 1890. The summed E-state index contributed by atoms with van der Waals surface area (Å²) in [6.45, 7) is 1.82. The van der Waals surface area contributed by atoms with Gasteiger partial charge in [0.2, 0.25) is 0 Å². The molecule has 230 valence electrons. The summed E-state index contributed by atoms with van der Waals surface area (Å²) in [5.41, 5.74) is 1.26. The van der Waals surface area contributed by atoms with Gasteiger partial charge in [-0.3, -0.25) is 9.59 Å². The second-order valence-corrected chi connectivity index (χ2v) is 11.1. The third-order valence-electron chi connectivity index (χ3n) is 7.99. The zero-order valence-corrected chi connectivity index (χ0v) is 23.9. The van der Waals surface area contributed by atoms with Crippen LogP contribution in [0.5, 0.6) is 46.0 Å². The van der Waals surface area contributed by atoms with Crippen LogP contribution in [0.2, 0.25) is 0 Å². The van der Waals surface area contributed by atoms with Crippen LogP contribution in [0.25, 0.3) is 6.08 Å². The van der Waals surface area contributed by atoms with E-state index < -0.39 is 40.8 Å². The fourth-order valence-corrected chi connectivity index (χ4v) is 5.88. The van der Waals surface area contributed by atoms with Crippen LogP contribution in [0.15, 0.2) is 84.5 Å². The van der Waals surface area contributed by atoms with E-state index in [9.17, 15) is 50.4 Å². The van der Waals surface area contributed by atoms with Crippen LogP contribution in [0.4, 0.5) is 0 Å². The van der Waals surface area contributed by atoms with Gasteiger partial charge in [0, 0.05) is 53.1 Å². The molecule has 45 heavy (non-hydrogen) atoms. The largest absolute Gasteiger partial charge is 0.508 e. The van der Waals surface area contributed by atoms with Crippen molar-refractivity contribution in [3.05, 3.63) is 112 Å². The van der Waals surface area contributed by atoms with Gasteiger partial charge in [0.1, 0.15) is 46.0 Å². The Morgan fingerprint density at radius 1 is 0.644 bits per heavy atom. The molecule has 10 nitrogen and oxygen atoms in total. The van der Waals surface area contributed by atoms with Crippen molar-refractivity contribution >= 4 is 17.6 Å². The molecule has 1 aliphatic rings. The van der Waals surface area contributed by atoms with Gasteiger partial charge in [0.05, 0.1) is 11.1 Å². The third-order valence-corrected chi connectivity index (χ3v) is 7.99. The van der Waals surface area contributed by atoms with Gasteiger partial charge in [-0.05, 0) is 67.5 Å². The van der Waals surface area contributed by atoms with Gasteiger partial charge in [-0.2, -0.15) is 0 Å². The van der Waals surface area contributed by atoms with E-state index in [0.717, 1.165) is 35.9 Å². The zero-order chi connectivity index (χ0) is 32.6. The molecule has 0 heterocycles. The summed E-state index contributed by atoms with van der Waals surface area (Å²) in [7, 11) is 0. The van der Waals surface area contributed by atoms with E-state index in [1.54, 1.807) is 6.08 Å². The summed E-state index contributed by atoms with van der Waals surface area (Å²) in [5.74, 6) is -6.36. The van der Waals surface area contributed by atoms with E-state index >= 15 is 0 Å². The molecule has 4 aromatic carbocycles. The Hall–Kier alpha value is -5.90. The molecule has 8 N–H and O–H groups in total. The fourth-order valence-electron chi connectivity index (χ4n) is 5.88. The summed E-state index contributed by atoms with van der Waals surface area (Å²) in [6, 6.07) is 13.6. The van der Waals surface area contributed by atoms with Crippen molar-refractivity contribution in [2.45, 2.75) is 25.2 Å². The monoisotopic (exact) mass is 610 g/mol. The smallest absolute Gasteiger partial charge is 0.189 e. The van der Waals surface area contributed by atoms with E-state index in [2.05, 4.69) is 0 Å². The highest BCUT2D eigenvalue weighted by Crippen LogP contribution is 2.51. The first-order chi connectivity index (χ1) is 21.3. The van der Waals surface area contributed by atoms with Crippen molar-refractivity contribution in [1.82, 2.24) is 0 Å². The van der Waals surface area contributed by atoms with Crippen molar-refractivity contribution in [2.75, 3.05) is 0 Å². The minimum absolute atomic E-state index is 0.0932. The van der Waals surface area contributed by atoms with Crippen LogP contribution in [0.1, 0.15) is 62.6 Å². The second-order valence-electron chi connectivity index (χ2n) is 11.1. The van der Waals surface area contributed by atoms with Crippen LogP contribution in [0, 0.1) is 5.92 Å². The molecular weight excluding hydrogens is 580 g/mol. The topological polar surface area (TPSA) is 196 Å². The van der Waals surface area contributed by atoms with E-state index in [1.807, 2.05) is 6.92 Å². The molecule has 0 aliphatic heterocycles. The van der Waals surface area contributed by atoms with Crippen molar-refractivity contribution in [3.8, 4) is 46.0 Å². The molecular formula is C35H30O10. The lowest BCUT2D eigenvalue weighted by Crippen LogP contribution is -2.31. The molecule has 1 aliphatic carbocycles. The Morgan fingerprint density at radius 2 is 1.20 bits per heavy atom. The number of ketones is 2.